The Morgan fingerprint density at radius 1 is 0.765 bits per heavy atom. The van der Waals surface area contributed by atoms with Crippen molar-refractivity contribution < 1.29 is 0 Å². The number of hydrogen-bond acceptors (Lipinski definition) is 5. The highest BCUT2D eigenvalue weighted by molar-refractivity contribution is 5.91. The Morgan fingerprint density at radius 3 is 2.18 bits per heavy atom. The fourth-order valence-electron chi connectivity index (χ4n) is 5.75. The zero-order valence-electron chi connectivity index (χ0n) is 19.4. The van der Waals surface area contributed by atoms with Crippen molar-refractivity contribution in [2.24, 2.45) is 0 Å². The van der Waals surface area contributed by atoms with E-state index in [2.05, 4.69) is 20.2 Å². The van der Waals surface area contributed by atoms with E-state index in [9.17, 15) is 9.59 Å². The molecule has 4 aromatic heterocycles. The highest BCUT2D eigenvalue weighted by Gasteiger charge is 2.21. The SMILES string of the molecule is O=c1c2cc3c(=O)n(C4CCCCCC4)ccc3nc2ccn1-c1n[nH]c(C2CCCCC2)n1. The van der Waals surface area contributed by atoms with Gasteiger partial charge < -0.3 is 4.57 Å². The molecule has 4 heterocycles. The van der Waals surface area contributed by atoms with Crippen LogP contribution in [0, 0.1) is 0 Å². The normalized spacial score (nSPS) is 18.5. The first-order valence-electron chi connectivity index (χ1n) is 12.7. The van der Waals surface area contributed by atoms with Crippen molar-refractivity contribution in [3.63, 3.8) is 0 Å². The van der Waals surface area contributed by atoms with Crippen molar-refractivity contribution in [2.75, 3.05) is 0 Å². The van der Waals surface area contributed by atoms with Crippen LogP contribution in [0.4, 0.5) is 0 Å². The minimum Gasteiger partial charge on any atom is -0.312 e. The number of fused-ring (bicyclic) bond motifs is 2. The first-order chi connectivity index (χ1) is 16.7. The lowest BCUT2D eigenvalue weighted by atomic mass is 9.89. The molecule has 2 fully saturated rings. The van der Waals surface area contributed by atoms with Crippen LogP contribution in [-0.2, 0) is 0 Å². The van der Waals surface area contributed by atoms with Crippen LogP contribution in [0.1, 0.15) is 88.4 Å². The molecule has 2 saturated carbocycles. The molecule has 8 heteroatoms. The van der Waals surface area contributed by atoms with Crippen LogP contribution in [0.2, 0.25) is 0 Å². The standard InChI is InChI=1S/C26H30N6O2/c33-24-19-16-20-22(27-21(19)12-14-31(24)18-10-6-1-2-7-11-18)13-15-32(25(20)34)26-28-23(29-30-26)17-8-4-3-5-9-17/h12-18H,1-11H2,(H,28,29,30). The minimum atomic E-state index is -0.259. The average molecular weight is 459 g/mol. The first-order valence-corrected chi connectivity index (χ1v) is 12.7. The Morgan fingerprint density at radius 2 is 1.41 bits per heavy atom. The topological polar surface area (TPSA) is 98.5 Å². The molecule has 176 valence electrons. The van der Waals surface area contributed by atoms with E-state index in [-0.39, 0.29) is 17.2 Å². The van der Waals surface area contributed by atoms with Gasteiger partial charge in [-0.15, -0.1) is 5.10 Å². The van der Waals surface area contributed by atoms with Crippen molar-refractivity contribution >= 4 is 21.8 Å². The highest BCUT2D eigenvalue weighted by atomic mass is 16.1. The molecular formula is C26H30N6O2. The van der Waals surface area contributed by atoms with Gasteiger partial charge in [-0.3, -0.25) is 14.7 Å². The number of H-pyrrole nitrogens is 1. The molecule has 0 atom stereocenters. The second-order valence-corrected chi connectivity index (χ2v) is 9.87. The number of pyridine rings is 3. The molecule has 2 aliphatic carbocycles. The summed E-state index contributed by atoms with van der Waals surface area (Å²) >= 11 is 0. The van der Waals surface area contributed by atoms with Crippen LogP contribution in [-0.4, -0.2) is 29.3 Å². The molecule has 0 aromatic carbocycles. The molecule has 0 bridgehead atoms. The van der Waals surface area contributed by atoms with E-state index in [0.29, 0.717) is 33.7 Å². The van der Waals surface area contributed by atoms with Crippen LogP contribution < -0.4 is 11.1 Å². The molecular weight excluding hydrogens is 428 g/mol. The lowest BCUT2D eigenvalue weighted by Gasteiger charge is -2.18. The van der Waals surface area contributed by atoms with Crippen molar-refractivity contribution in [1.82, 2.24) is 29.3 Å². The Labute approximate surface area is 197 Å². The van der Waals surface area contributed by atoms with Gasteiger partial charge in [-0.2, -0.15) is 4.98 Å². The third kappa shape index (κ3) is 3.75. The Kier molecular flexibility index (Phi) is 5.51. The molecule has 0 saturated heterocycles. The Balaban J connectivity index is 1.42. The number of rotatable bonds is 3. The predicted molar refractivity (Wildman–Crippen MR) is 132 cm³/mol. The zero-order valence-corrected chi connectivity index (χ0v) is 19.4. The summed E-state index contributed by atoms with van der Waals surface area (Å²) in [5.41, 5.74) is 0.872. The molecule has 2 aliphatic rings. The zero-order chi connectivity index (χ0) is 23.1. The lowest BCUT2D eigenvalue weighted by molar-refractivity contribution is 0.429. The number of aromatic nitrogens is 6. The first kappa shape index (κ1) is 21.3. The molecule has 34 heavy (non-hydrogen) atoms. The van der Waals surface area contributed by atoms with Gasteiger partial charge in [-0.1, -0.05) is 44.9 Å². The van der Waals surface area contributed by atoms with Crippen molar-refractivity contribution in [3.05, 3.63) is 57.1 Å². The quantitative estimate of drug-likeness (QED) is 0.352. The monoisotopic (exact) mass is 458 g/mol. The third-order valence-electron chi connectivity index (χ3n) is 7.69. The molecule has 1 N–H and O–H groups in total. The average Bonchev–Trinajstić information content (AvgIpc) is 3.20. The Bertz CT molecular complexity index is 1450. The van der Waals surface area contributed by atoms with Gasteiger partial charge in [0.05, 0.1) is 21.8 Å². The van der Waals surface area contributed by atoms with Crippen LogP contribution in [0.3, 0.4) is 0 Å². The van der Waals surface area contributed by atoms with Crippen LogP contribution in [0.25, 0.3) is 27.8 Å². The maximum atomic E-state index is 13.4. The number of nitrogens with one attached hydrogen (secondary N) is 1. The number of nitrogens with zero attached hydrogens (tertiary/aromatic N) is 5. The summed E-state index contributed by atoms with van der Waals surface area (Å²) in [6, 6.07) is 5.62. The maximum absolute atomic E-state index is 13.4. The lowest BCUT2D eigenvalue weighted by Crippen LogP contribution is -2.25. The summed E-state index contributed by atoms with van der Waals surface area (Å²) in [7, 11) is 0. The van der Waals surface area contributed by atoms with Gasteiger partial charge in [-0.25, -0.2) is 9.55 Å². The van der Waals surface area contributed by atoms with Gasteiger partial charge in [-0.05, 0) is 43.9 Å². The van der Waals surface area contributed by atoms with E-state index < -0.39 is 0 Å². The predicted octanol–water partition coefficient (Wildman–Crippen LogP) is 4.76. The van der Waals surface area contributed by atoms with Crippen LogP contribution in [0.15, 0.2) is 40.2 Å². The molecule has 6 rings (SSSR count). The van der Waals surface area contributed by atoms with Crippen molar-refractivity contribution in [1.29, 1.82) is 0 Å². The van der Waals surface area contributed by atoms with E-state index in [1.54, 1.807) is 18.3 Å². The van der Waals surface area contributed by atoms with E-state index in [0.717, 1.165) is 44.3 Å². The summed E-state index contributed by atoms with van der Waals surface area (Å²) in [5.74, 6) is 1.57. The van der Waals surface area contributed by atoms with Gasteiger partial charge in [0, 0.05) is 24.4 Å². The van der Waals surface area contributed by atoms with Crippen molar-refractivity contribution in [3.8, 4) is 5.95 Å². The number of aromatic amines is 1. The van der Waals surface area contributed by atoms with Gasteiger partial charge in [0.1, 0.15) is 5.82 Å². The van der Waals surface area contributed by atoms with Gasteiger partial charge >= 0.3 is 0 Å². The smallest absolute Gasteiger partial charge is 0.267 e. The molecule has 8 nitrogen and oxygen atoms in total. The largest absolute Gasteiger partial charge is 0.312 e. The third-order valence-corrected chi connectivity index (χ3v) is 7.69. The Hall–Kier alpha value is -3.29. The molecule has 0 radical (unpaired) electrons. The summed E-state index contributed by atoms with van der Waals surface area (Å²) in [4.78, 5) is 36.1. The molecule has 0 amide bonds. The van der Waals surface area contributed by atoms with E-state index in [1.807, 2.05) is 16.8 Å². The van der Waals surface area contributed by atoms with E-state index in [1.165, 1.54) is 36.7 Å². The molecule has 4 aromatic rings. The molecule has 0 spiro atoms. The highest BCUT2D eigenvalue weighted by Crippen LogP contribution is 2.31. The molecule has 0 unspecified atom stereocenters. The maximum Gasteiger partial charge on any atom is 0.267 e. The second kappa shape index (κ2) is 8.81. The molecule has 0 aliphatic heterocycles. The summed E-state index contributed by atoms with van der Waals surface area (Å²) in [6.07, 6.45) is 16.2. The van der Waals surface area contributed by atoms with Crippen LogP contribution in [0.5, 0.6) is 0 Å². The fraction of sp³-hybridized carbons (Fsp3) is 0.500. The van der Waals surface area contributed by atoms with Gasteiger partial charge in [0.15, 0.2) is 0 Å². The summed E-state index contributed by atoms with van der Waals surface area (Å²) < 4.78 is 3.31. The van der Waals surface area contributed by atoms with Crippen LogP contribution >= 0.6 is 0 Å². The van der Waals surface area contributed by atoms with Crippen molar-refractivity contribution in [2.45, 2.75) is 82.6 Å². The van der Waals surface area contributed by atoms with E-state index in [4.69, 9.17) is 0 Å². The van der Waals surface area contributed by atoms with Gasteiger partial charge in [0.25, 0.3) is 17.1 Å². The second-order valence-electron chi connectivity index (χ2n) is 9.87. The van der Waals surface area contributed by atoms with E-state index >= 15 is 0 Å². The summed E-state index contributed by atoms with van der Waals surface area (Å²) in [6.45, 7) is 0. The van der Waals surface area contributed by atoms with Gasteiger partial charge in [0.2, 0.25) is 0 Å². The fourth-order valence-corrected chi connectivity index (χ4v) is 5.75. The summed E-state index contributed by atoms with van der Waals surface area (Å²) in [5, 5.41) is 8.29. The minimum absolute atomic E-state index is 0.0638. The number of hydrogen-bond donors (Lipinski definition) is 1.